The highest BCUT2D eigenvalue weighted by atomic mass is 19.2. The van der Waals surface area contributed by atoms with Crippen LogP contribution in [0.15, 0.2) is 18.2 Å². The Bertz CT molecular complexity index is 236. The van der Waals surface area contributed by atoms with E-state index in [9.17, 15) is 8.78 Å². The second-order valence-corrected chi connectivity index (χ2v) is 1.92. The molecule has 0 aliphatic heterocycles. The normalized spacial score (nSPS) is 8.75. The quantitative estimate of drug-likeness (QED) is 0.693. The van der Waals surface area contributed by atoms with E-state index in [0.29, 0.717) is 0 Å². The molecule has 0 saturated heterocycles. The van der Waals surface area contributed by atoms with Gasteiger partial charge in [-0.05, 0) is 6.07 Å². The lowest BCUT2D eigenvalue weighted by Gasteiger charge is -1.97. The van der Waals surface area contributed by atoms with Gasteiger partial charge in [0.1, 0.15) is 0 Å². The second-order valence-electron chi connectivity index (χ2n) is 1.92. The van der Waals surface area contributed by atoms with E-state index in [1.54, 1.807) is 0 Å². The Hall–Kier alpha value is -0.960. The van der Waals surface area contributed by atoms with Crippen LogP contribution < -0.4 is 5.73 Å². The fourth-order valence-corrected chi connectivity index (χ4v) is 0.706. The first-order valence-electron chi connectivity index (χ1n) is 3.88. The molecule has 1 nitrogen and oxygen atoms in total. The van der Waals surface area contributed by atoms with Crippen molar-refractivity contribution in [2.75, 3.05) is 0 Å². The van der Waals surface area contributed by atoms with Crippen LogP contribution in [-0.4, -0.2) is 0 Å². The van der Waals surface area contributed by atoms with E-state index >= 15 is 0 Å². The van der Waals surface area contributed by atoms with Crippen molar-refractivity contribution in [3.8, 4) is 0 Å². The number of rotatable bonds is 1. The molecule has 1 aromatic carbocycles. The summed E-state index contributed by atoms with van der Waals surface area (Å²) in [5.74, 6) is -1.69. The first kappa shape index (κ1) is 11.0. The molecule has 1 aromatic rings. The fourth-order valence-electron chi connectivity index (χ4n) is 0.706. The SMILES string of the molecule is CC.NCc1cccc(F)c1F. The molecular weight excluding hydrogens is 160 g/mol. The molecule has 0 saturated carbocycles. The Balaban J connectivity index is 0.000000561. The van der Waals surface area contributed by atoms with Crippen molar-refractivity contribution < 1.29 is 8.78 Å². The molecule has 0 amide bonds. The van der Waals surface area contributed by atoms with Gasteiger partial charge in [0.2, 0.25) is 0 Å². The van der Waals surface area contributed by atoms with Crippen LogP contribution in [0, 0.1) is 11.6 Å². The summed E-state index contributed by atoms with van der Waals surface area (Å²) in [6, 6.07) is 3.95. The maximum atomic E-state index is 12.5. The van der Waals surface area contributed by atoms with E-state index in [2.05, 4.69) is 0 Å². The highest BCUT2D eigenvalue weighted by molar-refractivity contribution is 5.18. The molecule has 0 unspecified atom stereocenters. The third kappa shape index (κ3) is 2.58. The molecule has 12 heavy (non-hydrogen) atoms. The smallest absolute Gasteiger partial charge is 0.163 e. The number of hydrogen-bond donors (Lipinski definition) is 1. The van der Waals surface area contributed by atoms with Gasteiger partial charge < -0.3 is 5.73 Å². The maximum Gasteiger partial charge on any atom is 0.163 e. The topological polar surface area (TPSA) is 26.0 Å². The van der Waals surface area contributed by atoms with E-state index in [0.717, 1.165) is 6.07 Å². The van der Waals surface area contributed by atoms with Crippen LogP contribution in [0.25, 0.3) is 0 Å². The van der Waals surface area contributed by atoms with Crippen molar-refractivity contribution in [2.24, 2.45) is 5.73 Å². The van der Waals surface area contributed by atoms with Gasteiger partial charge in [-0.2, -0.15) is 0 Å². The average molecular weight is 173 g/mol. The van der Waals surface area contributed by atoms with Gasteiger partial charge in [0.25, 0.3) is 0 Å². The van der Waals surface area contributed by atoms with Gasteiger partial charge in [-0.1, -0.05) is 26.0 Å². The second kappa shape index (κ2) is 5.66. The molecule has 0 atom stereocenters. The third-order valence-corrected chi connectivity index (χ3v) is 1.25. The van der Waals surface area contributed by atoms with Gasteiger partial charge in [0.05, 0.1) is 0 Å². The van der Waals surface area contributed by atoms with Crippen molar-refractivity contribution >= 4 is 0 Å². The molecular formula is C9H13F2N. The minimum absolute atomic E-state index is 0.0313. The molecule has 0 aliphatic carbocycles. The molecule has 0 heterocycles. The predicted molar refractivity (Wildman–Crippen MR) is 45.6 cm³/mol. The first-order chi connectivity index (χ1) is 5.75. The zero-order chi connectivity index (χ0) is 9.56. The van der Waals surface area contributed by atoms with E-state index < -0.39 is 11.6 Å². The predicted octanol–water partition coefficient (Wildman–Crippen LogP) is 2.45. The summed E-state index contributed by atoms with van der Waals surface area (Å²) in [7, 11) is 0. The van der Waals surface area contributed by atoms with Crippen LogP contribution in [0.2, 0.25) is 0 Å². The van der Waals surface area contributed by atoms with Crippen LogP contribution in [0.1, 0.15) is 19.4 Å². The van der Waals surface area contributed by atoms with E-state index in [-0.39, 0.29) is 12.1 Å². The molecule has 0 radical (unpaired) electrons. The zero-order valence-electron chi connectivity index (χ0n) is 7.27. The Morgan fingerprint density at radius 2 is 1.83 bits per heavy atom. The molecule has 3 heteroatoms. The van der Waals surface area contributed by atoms with Gasteiger partial charge in [-0.3, -0.25) is 0 Å². The summed E-state index contributed by atoms with van der Waals surface area (Å²) in [5.41, 5.74) is 5.32. The highest BCUT2D eigenvalue weighted by Crippen LogP contribution is 2.09. The van der Waals surface area contributed by atoms with E-state index in [1.807, 2.05) is 13.8 Å². The van der Waals surface area contributed by atoms with E-state index in [1.165, 1.54) is 12.1 Å². The minimum atomic E-state index is -0.844. The van der Waals surface area contributed by atoms with Crippen LogP contribution in [0.3, 0.4) is 0 Å². The third-order valence-electron chi connectivity index (χ3n) is 1.25. The summed E-state index contributed by atoms with van der Waals surface area (Å²) in [4.78, 5) is 0. The summed E-state index contributed by atoms with van der Waals surface area (Å²) < 4.78 is 24.9. The number of nitrogens with two attached hydrogens (primary N) is 1. The lowest BCUT2D eigenvalue weighted by molar-refractivity contribution is 0.499. The molecule has 0 aliphatic rings. The number of benzene rings is 1. The number of halogens is 2. The standard InChI is InChI=1S/C7H7F2N.C2H6/c8-6-3-1-2-5(4-10)7(6)9;1-2/h1-3H,4,10H2;1-2H3. The summed E-state index contributed by atoms with van der Waals surface area (Å²) in [5, 5.41) is 0. The Kier molecular flexibility index (Phi) is 5.21. The van der Waals surface area contributed by atoms with E-state index in [4.69, 9.17) is 5.73 Å². The van der Waals surface area contributed by atoms with Gasteiger partial charge in [0, 0.05) is 12.1 Å². The van der Waals surface area contributed by atoms with Crippen LogP contribution in [0.4, 0.5) is 8.78 Å². The zero-order valence-corrected chi connectivity index (χ0v) is 7.27. The van der Waals surface area contributed by atoms with Gasteiger partial charge in [-0.15, -0.1) is 0 Å². The molecule has 1 rings (SSSR count). The average Bonchev–Trinajstić information content (AvgIpc) is 2.13. The molecule has 0 bridgehead atoms. The molecule has 68 valence electrons. The monoisotopic (exact) mass is 173 g/mol. The van der Waals surface area contributed by atoms with Gasteiger partial charge in [0.15, 0.2) is 11.6 Å². The van der Waals surface area contributed by atoms with Gasteiger partial charge in [-0.25, -0.2) is 8.78 Å². The van der Waals surface area contributed by atoms with Crippen molar-refractivity contribution in [3.05, 3.63) is 35.4 Å². The lowest BCUT2D eigenvalue weighted by Crippen LogP contribution is -2.00. The molecule has 0 fully saturated rings. The molecule has 0 spiro atoms. The first-order valence-corrected chi connectivity index (χ1v) is 3.88. The fraction of sp³-hybridized carbons (Fsp3) is 0.333. The summed E-state index contributed by atoms with van der Waals surface area (Å²) >= 11 is 0. The van der Waals surface area contributed by atoms with Gasteiger partial charge >= 0.3 is 0 Å². The Morgan fingerprint density at radius 1 is 1.25 bits per heavy atom. The Labute approximate surface area is 71.2 Å². The lowest BCUT2D eigenvalue weighted by atomic mass is 10.2. The summed E-state index contributed by atoms with van der Waals surface area (Å²) in [6.45, 7) is 4.03. The van der Waals surface area contributed by atoms with Crippen molar-refractivity contribution in [1.29, 1.82) is 0 Å². The highest BCUT2D eigenvalue weighted by Gasteiger charge is 2.03. The van der Waals surface area contributed by atoms with Crippen molar-refractivity contribution in [1.82, 2.24) is 0 Å². The molecule has 0 aromatic heterocycles. The molecule has 2 N–H and O–H groups in total. The number of hydrogen-bond acceptors (Lipinski definition) is 1. The van der Waals surface area contributed by atoms with Crippen LogP contribution in [-0.2, 0) is 6.54 Å². The minimum Gasteiger partial charge on any atom is -0.326 e. The largest absolute Gasteiger partial charge is 0.326 e. The van der Waals surface area contributed by atoms with Crippen molar-refractivity contribution in [3.63, 3.8) is 0 Å². The maximum absolute atomic E-state index is 12.5. The summed E-state index contributed by atoms with van der Waals surface area (Å²) in [6.07, 6.45) is 0. The Morgan fingerprint density at radius 3 is 2.25 bits per heavy atom. The van der Waals surface area contributed by atoms with Crippen molar-refractivity contribution in [2.45, 2.75) is 20.4 Å². The van der Waals surface area contributed by atoms with Crippen LogP contribution >= 0.6 is 0 Å². The van der Waals surface area contributed by atoms with Crippen LogP contribution in [0.5, 0.6) is 0 Å².